The van der Waals surface area contributed by atoms with Gasteiger partial charge in [0.25, 0.3) is 5.91 Å². The smallest absolute Gasteiger partial charge is 0.276 e. The fourth-order valence-electron chi connectivity index (χ4n) is 2.26. The highest BCUT2D eigenvalue weighted by Crippen LogP contribution is 2.33. The lowest BCUT2D eigenvalue weighted by molar-refractivity contribution is 0.0706. The molecule has 1 aliphatic heterocycles. The number of nitrogens with one attached hydrogen (secondary N) is 1. The van der Waals surface area contributed by atoms with Gasteiger partial charge in [0, 0.05) is 36.8 Å². The first-order valence-electron chi connectivity index (χ1n) is 7.00. The van der Waals surface area contributed by atoms with Crippen molar-refractivity contribution in [3.8, 4) is 11.5 Å². The summed E-state index contributed by atoms with van der Waals surface area (Å²) < 4.78 is 11.2. The van der Waals surface area contributed by atoms with Crippen molar-refractivity contribution >= 4 is 23.0 Å². The molecule has 0 spiro atoms. The SMILES string of the molecule is COc1cc2cc(C(=O)NO)cnc2cc1OC1=CC=NCC1. The summed E-state index contributed by atoms with van der Waals surface area (Å²) in [6, 6.07) is 5.11. The van der Waals surface area contributed by atoms with Gasteiger partial charge in [-0.15, -0.1) is 0 Å². The predicted molar refractivity (Wildman–Crippen MR) is 84.2 cm³/mol. The second-order valence-electron chi connectivity index (χ2n) is 4.90. The van der Waals surface area contributed by atoms with E-state index in [1.807, 2.05) is 6.08 Å². The zero-order chi connectivity index (χ0) is 16.2. The number of dihydropyridines is 1. The van der Waals surface area contributed by atoms with Crippen molar-refractivity contribution in [2.45, 2.75) is 6.42 Å². The van der Waals surface area contributed by atoms with Crippen LogP contribution in [0.2, 0.25) is 0 Å². The van der Waals surface area contributed by atoms with E-state index >= 15 is 0 Å². The summed E-state index contributed by atoms with van der Waals surface area (Å²) in [5.74, 6) is 1.26. The van der Waals surface area contributed by atoms with Gasteiger partial charge < -0.3 is 9.47 Å². The molecule has 118 valence electrons. The summed E-state index contributed by atoms with van der Waals surface area (Å²) in [7, 11) is 1.54. The monoisotopic (exact) mass is 313 g/mol. The number of aliphatic imine (C=N–C) groups is 1. The Morgan fingerprint density at radius 1 is 1.30 bits per heavy atom. The standard InChI is InChI=1S/C16H15N3O4/c1-22-14-7-10-6-11(16(20)19-21)9-18-13(10)8-15(14)23-12-2-4-17-5-3-12/h2,4,6-9,21H,3,5H2,1H3,(H,19,20). The number of carbonyl (C=O) groups is 1. The van der Waals surface area contributed by atoms with E-state index in [1.54, 1.807) is 37.0 Å². The molecule has 2 aromatic rings. The average Bonchev–Trinajstić information content (AvgIpc) is 2.61. The van der Waals surface area contributed by atoms with Crippen LogP contribution in [-0.4, -0.2) is 36.0 Å². The number of pyridine rings is 1. The van der Waals surface area contributed by atoms with E-state index in [2.05, 4.69) is 9.98 Å². The molecule has 1 amide bonds. The van der Waals surface area contributed by atoms with E-state index < -0.39 is 5.91 Å². The topological polar surface area (TPSA) is 93.0 Å². The molecule has 0 saturated carbocycles. The summed E-state index contributed by atoms with van der Waals surface area (Å²) in [4.78, 5) is 19.8. The molecule has 3 rings (SSSR count). The number of hydrogen-bond acceptors (Lipinski definition) is 6. The van der Waals surface area contributed by atoms with Gasteiger partial charge in [0.1, 0.15) is 5.76 Å². The number of benzene rings is 1. The number of methoxy groups -OCH3 is 1. The number of amides is 1. The molecular formula is C16H15N3O4. The molecule has 0 fully saturated rings. The lowest BCUT2D eigenvalue weighted by Gasteiger charge is -2.14. The zero-order valence-corrected chi connectivity index (χ0v) is 12.4. The highest BCUT2D eigenvalue weighted by atomic mass is 16.5. The molecule has 0 radical (unpaired) electrons. The first kappa shape index (κ1) is 15.0. The quantitative estimate of drug-likeness (QED) is 0.666. The van der Waals surface area contributed by atoms with Crippen molar-refractivity contribution in [2.75, 3.05) is 13.7 Å². The molecule has 1 aromatic carbocycles. The van der Waals surface area contributed by atoms with E-state index in [1.165, 1.54) is 6.20 Å². The number of carbonyl (C=O) groups excluding carboxylic acids is 1. The molecule has 1 aliphatic rings. The number of aromatic nitrogens is 1. The van der Waals surface area contributed by atoms with Crippen LogP contribution in [0.15, 0.2) is 41.2 Å². The van der Waals surface area contributed by atoms with Gasteiger partial charge in [-0.3, -0.25) is 20.0 Å². The fraction of sp³-hybridized carbons (Fsp3) is 0.188. The van der Waals surface area contributed by atoms with Crippen LogP contribution >= 0.6 is 0 Å². The number of allylic oxidation sites excluding steroid dienone is 1. The van der Waals surface area contributed by atoms with Crippen LogP contribution < -0.4 is 15.0 Å². The van der Waals surface area contributed by atoms with E-state index in [9.17, 15) is 4.79 Å². The highest BCUT2D eigenvalue weighted by molar-refractivity contribution is 5.97. The summed E-state index contributed by atoms with van der Waals surface area (Å²) in [6.45, 7) is 0.694. The molecule has 7 heteroatoms. The van der Waals surface area contributed by atoms with Crippen molar-refractivity contribution in [2.24, 2.45) is 4.99 Å². The number of fused-ring (bicyclic) bond motifs is 1. The minimum absolute atomic E-state index is 0.252. The van der Waals surface area contributed by atoms with Gasteiger partial charge in [-0.05, 0) is 18.2 Å². The summed E-state index contributed by atoms with van der Waals surface area (Å²) in [5, 5.41) is 9.40. The minimum Gasteiger partial charge on any atom is -0.493 e. The molecule has 7 nitrogen and oxygen atoms in total. The van der Waals surface area contributed by atoms with Crippen molar-refractivity contribution in [1.29, 1.82) is 0 Å². The molecule has 0 bridgehead atoms. The molecule has 0 aliphatic carbocycles. The Hall–Kier alpha value is -2.93. The molecule has 2 heterocycles. The van der Waals surface area contributed by atoms with Crippen LogP contribution in [0, 0.1) is 0 Å². The highest BCUT2D eigenvalue weighted by Gasteiger charge is 2.13. The second kappa shape index (κ2) is 6.45. The second-order valence-corrected chi connectivity index (χ2v) is 4.90. The maximum atomic E-state index is 11.5. The molecule has 23 heavy (non-hydrogen) atoms. The molecule has 0 atom stereocenters. The largest absolute Gasteiger partial charge is 0.493 e. The lowest BCUT2D eigenvalue weighted by Crippen LogP contribution is -2.18. The van der Waals surface area contributed by atoms with Gasteiger partial charge in [-0.2, -0.15) is 0 Å². The Balaban J connectivity index is 2.00. The van der Waals surface area contributed by atoms with Gasteiger partial charge in [0.15, 0.2) is 11.5 Å². The van der Waals surface area contributed by atoms with Gasteiger partial charge in [-0.1, -0.05) is 0 Å². The Morgan fingerprint density at radius 2 is 2.17 bits per heavy atom. The normalized spacial score (nSPS) is 13.6. The third-order valence-corrected chi connectivity index (χ3v) is 3.42. The van der Waals surface area contributed by atoms with Gasteiger partial charge in [0.2, 0.25) is 0 Å². The van der Waals surface area contributed by atoms with E-state index in [-0.39, 0.29) is 5.56 Å². The average molecular weight is 313 g/mol. The van der Waals surface area contributed by atoms with Crippen LogP contribution in [0.3, 0.4) is 0 Å². The molecule has 1 aromatic heterocycles. The number of rotatable bonds is 4. The molecule has 0 saturated heterocycles. The number of nitrogens with zero attached hydrogens (tertiary/aromatic N) is 2. The Morgan fingerprint density at radius 3 is 2.87 bits per heavy atom. The van der Waals surface area contributed by atoms with Crippen molar-refractivity contribution in [3.63, 3.8) is 0 Å². The van der Waals surface area contributed by atoms with E-state index in [4.69, 9.17) is 14.7 Å². The van der Waals surface area contributed by atoms with Crippen LogP contribution in [0.1, 0.15) is 16.8 Å². The first-order chi connectivity index (χ1) is 11.2. The van der Waals surface area contributed by atoms with Gasteiger partial charge >= 0.3 is 0 Å². The van der Waals surface area contributed by atoms with Crippen LogP contribution in [-0.2, 0) is 0 Å². The third-order valence-electron chi connectivity index (χ3n) is 3.42. The Labute approximate surface area is 132 Å². The van der Waals surface area contributed by atoms with Gasteiger partial charge in [0.05, 0.1) is 18.2 Å². The number of hydroxylamine groups is 1. The number of ether oxygens (including phenoxy) is 2. The maximum Gasteiger partial charge on any atom is 0.276 e. The molecule has 2 N–H and O–H groups in total. The van der Waals surface area contributed by atoms with E-state index in [0.29, 0.717) is 28.9 Å². The minimum atomic E-state index is -0.620. The predicted octanol–water partition coefficient (Wildman–Crippen LogP) is 2.10. The maximum absolute atomic E-state index is 11.5. The molecule has 0 unspecified atom stereocenters. The van der Waals surface area contributed by atoms with Crippen LogP contribution in [0.25, 0.3) is 10.9 Å². The summed E-state index contributed by atoms with van der Waals surface area (Å²) >= 11 is 0. The zero-order valence-electron chi connectivity index (χ0n) is 12.4. The van der Waals surface area contributed by atoms with Crippen molar-refractivity contribution < 1.29 is 19.5 Å². The van der Waals surface area contributed by atoms with Gasteiger partial charge in [-0.25, -0.2) is 5.48 Å². The third kappa shape index (κ3) is 3.14. The van der Waals surface area contributed by atoms with Crippen molar-refractivity contribution in [1.82, 2.24) is 10.5 Å². The molecular weight excluding hydrogens is 298 g/mol. The summed E-state index contributed by atoms with van der Waals surface area (Å²) in [6.07, 6.45) is 5.64. The van der Waals surface area contributed by atoms with E-state index in [0.717, 1.165) is 12.2 Å². The Bertz CT molecular complexity index is 814. The summed E-state index contributed by atoms with van der Waals surface area (Å²) in [5.41, 5.74) is 2.49. The van der Waals surface area contributed by atoms with Crippen molar-refractivity contribution in [3.05, 3.63) is 41.8 Å². The first-order valence-corrected chi connectivity index (χ1v) is 7.00. The van der Waals surface area contributed by atoms with Crippen LogP contribution in [0.5, 0.6) is 11.5 Å². The lowest BCUT2D eigenvalue weighted by atomic mass is 10.1. The number of hydrogen-bond donors (Lipinski definition) is 2. The van der Waals surface area contributed by atoms with Crippen LogP contribution in [0.4, 0.5) is 0 Å². The Kier molecular flexibility index (Phi) is 4.20. The fourth-order valence-corrected chi connectivity index (χ4v) is 2.26.